The van der Waals surface area contributed by atoms with E-state index in [1.54, 1.807) is 31.5 Å². The zero-order valence-electron chi connectivity index (χ0n) is 23.9. The minimum absolute atomic E-state index is 0.0478. The number of fused-ring (bicyclic) bond motifs is 1. The van der Waals surface area contributed by atoms with Gasteiger partial charge in [0.15, 0.2) is 11.5 Å². The first-order valence-corrected chi connectivity index (χ1v) is 15.5. The van der Waals surface area contributed by atoms with Crippen molar-refractivity contribution < 1.29 is 22.3 Å². The Bertz CT molecular complexity index is 2040. The van der Waals surface area contributed by atoms with Gasteiger partial charge in [-0.15, -0.1) is 0 Å². The predicted molar refractivity (Wildman–Crippen MR) is 171 cm³/mol. The SMILES string of the molecule is COc1cc2c(Cc3ccc(NS(=O)(=O)c4cccc(-c5ccccc5)c4)c(F)c3)ccnc2cc1OCc1ccccc1. The van der Waals surface area contributed by atoms with Crippen LogP contribution in [0.4, 0.5) is 10.1 Å². The number of halogens is 1. The van der Waals surface area contributed by atoms with Gasteiger partial charge in [0.25, 0.3) is 10.0 Å². The molecular weight excluding hydrogens is 575 g/mol. The van der Waals surface area contributed by atoms with Crippen LogP contribution in [0.2, 0.25) is 0 Å². The molecule has 0 amide bonds. The van der Waals surface area contributed by atoms with Crippen molar-refractivity contribution in [3.05, 3.63) is 150 Å². The number of benzene rings is 5. The van der Waals surface area contributed by atoms with Gasteiger partial charge in [0, 0.05) is 17.6 Å². The first-order chi connectivity index (χ1) is 21.4. The molecule has 0 aliphatic heterocycles. The molecule has 0 fully saturated rings. The van der Waals surface area contributed by atoms with E-state index in [-0.39, 0.29) is 10.6 Å². The molecule has 44 heavy (non-hydrogen) atoms. The van der Waals surface area contributed by atoms with Gasteiger partial charge in [-0.3, -0.25) is 9.71 Å². The van der Waals surface area contributed by atoms with Crippen LogP contribution in [-0.2, 0) is 23.1 Å². The second-order valence-electron chi connectivity index (χ2n) is 10.3. The fourth-order valence-corrected chi connectivity index (χ4v) is 6.13. The number of nitrogens with zero attached hydrogens (tertiary/aromatic N) is 1. The van der Waals surface area contributed by atoms with Crippen molar-refractivity contribution in [3.63, 3.8) is 0 Å². The highest BCUT2D eigenvalue weighted by molar-refractivity contribution is 7.92. The zero-order chi connectivity index (χ0) is 30.5. The minimum Gasteiger partial charge on any atom is -0.493 e. The van der Waals surface area contributed by atoms with Gasteiger partial charge in [-0.05, 0) is 70.6 Å². The third-order valence-corrected chi connectivity index (χ3v) is 8.64. The fraction of sp³-hybridized carbons (Fsp3) is 0.0833. The number of sulfonamides is 1. The van der Waals surface area contributed by atoms with E-state index in [1.165, 1.54) is 18.2 Å². The molecule has 0 radical (unpaired) electrons. The van der Waals surface area contributed by atoms with Gasteiger partial charge in [-0.2, -0.15) is 0 Å². The van der Waals surface area contributed by atoms with Crippen LogP contribution in [0, 0.1) is 5.82 Å². The van der Waals surface area contributed by atoms with Gasteiger partial charge >= 0.3 is 0 Å². The summed E-state index contributed by atoms with van der Waals surface area (Å²) in [5, 5.41) is 0.847. The minimum atomic E-state index is -4.03. The second-order valence-corrected chi connectivity index (χ2v) is 11.9. The van der Waals surface area contributed by atoms with Crippen LogP contribution in [0.3, 0.4) is 0 Å². The number of methoxy groups -OCH3 is 1. The summed E-state index contributed by atoms with van der Waals surface area (Å²) in [5.74, 6) is 0.471. The van der Waals surface area contributed by atoms with E-state index in [1.807, 2.05) is 84.9 Å². The normalized spacial score (nSPS) is 11.3. The summed E-state index contributed by atoms with van der Waals surface area (Å²) in [6, 6.07) is 36.0. The molecule has 0 saturated carbocycles. The summed E-state index contributed by atoms with van der Waals surface area (Å²) < 4.78 is 55.7. The number of aromatic nitrogens is 1. The van der Waals surface area contributed by atoms with E-state index < -0.39 is 15.8 Å². The Balaban J connectivity index is 1.21. The Morgan fingerprint density at radius 3 is 2.25 bits per heavy atom. The third-order valence-electron chi connectivity index (χ3n) is 7.28. The second kappa shape index (κ2) is 12.6. The molecule has 0 bridgehead atoms. The smallest absolute Gasteiger partial charge is 0.262 e. The average Bonchev–Trinajstić information content (AvgIpc) is 3.05. The molecular formula is C36H29FN2O4S. The molecule has 8 heteroatoms. The fourth-order valence-electron chi connectivity index (χ4n) is 5.02. The highest BCUT2D eigenvalue weighted by atomic mass is 32.2. The summed E-state index contributed by atoms with van der Waals surface area (Å²) in [6.45, 7) is 0.385. The number of nitrogens with one attached hydrogen (secondary N) is 1. The predicted octanol–water partition coefficient (Wildman–Crippen LogP) is 8.02. The molecule has 6 rings (SSSR count). The monoisotopic (exact) mass is 604 g/mol. The Hall–Kier alpha value is -5.21. The van der Waals surface area contributed by atoms with E-state index >= 15 is 4.39 Å². The molecule has 220 valence electrons. The van der Waals surface area contributed by atoms with Crippen molar-refractivity contribution >= 4 is 26.6 Å². The highest BCUT2D eigenvalue weighted by Crippen LogP contribution is 2.34. The summed E-state index contributed by atoms with van der Waals surface area (Å²) in [5.41, 5.74) is 4.84. The Kier molecular flexibility index (Phi) is 8.25. The molecule has 0 aliphatic rings. The van der Waals surface area contributed by atoms with Crippen LogP contribution in [0.5, 0.6) is 11.5 Å². The molecule has 6 aromatic rings. The van der Waals surface area contributed by atoms with E-state index in [0.717, 1.165) is 27.6 Å². The van der Waals surface area contributed by atoms with Crippen LogP contribution in [0.25, 0.3) is 22.0 Å². The maximum absolute atomic E-state index is 15.3. The quantitative estimate of drug-likeness (QED) is 0.171. The number of rotatable bonds is 10. The standard InChI is InChI=1S/C36H29FN2O4S/c1-42-35-22-31-29(17-18-38-34(31)23-36(35)43-24-25-9-4-2-5-10-25)19-26-15-16-33(32(37)20-26)39-44(40,41)30-14-8-13-28(21-30)27-11-6-3-7-12-27/h2-18,20-23,39H,19,24H2,1H3. The van der Waals surface area contributed by atoms with Crippen LogP contribution in [0.1, 0.15) is 16.7 Å². The molecule has 1 heterocycles. The molecule has 0 spiro atoms. The van der Waals surface area contributed by atoms with Gasteiger partial charge in [-0.25, -0.2) is 12.8 Å². The first-order valence-electron chi connectivity index (χ1n) is 14.0. The van der Waals surface area contributed by atoms with Crippen LogP contribution >= 0.6 is 0 Å². The lowest BCUT2D eigenvalue weighted by Gasteiger charge is -2.14. The number of pyridine rings is 1. The summed E-state index contributed by atoms with van der Waals surface area (Å²) in [4.78, 5) is 4.56. The van der Waals surface area contributed by atoms with Crippen molar-refractivity contribution in [2.75, 3.05) is 11.8 Å². The average molecular weight is 605 g/mol. The lowest BCUT2D eigenvalue weighted by molar-refractivity contribution is 0.285. The number of anilines is 1. The van der Waals surface area contributed by atoms with Crippen molar-refractivity contribution in [2.24, 2.45) is 0 Å². The van der Waals surface area contributed by atoms with Crippen LogP contribution in [0.15, 0.2) is 132 Å². The molecule has 0 aliphatic carbocycles. The molecule has 0 unspecified atom stereocenters. The van der Waals surface area contributed by atoms with E-state index in [0.29, 0.717) is 35.6 Å². The van der Waals surface area contributed by atoms with Gasteiger partial charge in [-0.1, -0.05) is 78.9 Å². The maximum Gasteiger partial charge on any atom is 0.262 e. The van der Waals surface area contributed by atoms with Gasteiger partial charge < -0.3 is 9.47 Å². The van der Waals surface area contributed by atoms with Gasteiger partial charge in [0.1, 0.15) is 12.4 Å². The van der Waals surface area contributed by atoms with E-state index in [4.69, 9.17) is 9.47 Å². The third kappa shape index (κ3) is 6.40. The molecule has 5 aromatic carbocycles. The number of ether oxygens (including phenoxy) is 2. The maximum atomic E-state index is 15.3. The summed E-state index contributed by atoms with van der Waals surface area (Å²) in [6.07, 6.45) is 2.10. The lowest BCUT2D eigenvalue weighted by Crippen LogP contribution is -2.14. The van der Waals surface area contributed by atoms with E-state index in [2.05, 4.69) is 9.71 Å². The van der Waals surface area contributed by atoms with E-state index in [9.17, 15) is 8.42 Å². The van der Waals surface area contributed by atoms with Crippen molar-refractivity contribution in [2.45, 2.75) is 17.9 Å². The molecule has 0 saturated heterocycles. The van der Waals surface area contributed by atoms with Crippen molar-refractivity contribution in [1.82, 2.24) is 4.98 Å². The van der Waals surface area contributed by atoms with Crippen molar-refractivity contribution in [3.8, 4) is 22.6 Å². The van der Waals surface area contributed by atoms with Gasteiger partial charge in [0.2, 0.25) is 0 Å². The Morgan fingerprint density at radius 1 is 0.750 bits per heavy atom. The molecule has 6 nitrogen and oxygen atoms in total. The van der Waals surface area contributed by atoms with Gasteiger partial charge in [0.05, 0.1) is 23.2 Å². The van der Waals surface area contributed by atoms with Crippen LogP contribution in [-0.4, -0.2) is 20.5 Å². The Labute approximate surface area is 255 Å². The zero-order valence-corrected chi connectivity index (χ0v) is 24.7. The molecule has 1 N–H and O–H groups in total. The van der Waals surface area contributed by atoms with Crippen molar-refractivity contribution in [1.29, 1.82) is 0 Å². The summed E-state index contributed by atoms with van der Waals surface area (Å²) >= 11 is 0. The topological polar surface area (TPSA) is 77.5 Å². The molecule has 1 aromatic heterocycles. The largest absolute Gasteiger partial charge is 0.493 e. The van der Waals surface area contributed by atoms with Crippen LogP contribution < -0.4 is 14.2 Å². The highest BCUT2D eigenvalue weighted by Gasteiger charge is 2.18. The molecule has 0 atom stereocenters. The first kappa shape index (κ1) is 28.9. The summed E-state index contributed by atoms with van der Waals surface area (Å²) in [7, 11) is -2.44. The Morgan fingerprint density at radius 2 is 1.50 bits per heavy atom. The number of hydrogen-bond donors (Lipinski definition) is 1. The number of hydrogen-bond acceptors (Lipinski definition) is 5. The lowest BCUT2D eigenvalue weighted by atomic mass is 10.0.